The van der Waals surface area contributed by atoms with Crippen molar-refractivity contribution in [2.24, 2.45) is 0 Å². The topological polar surface area (TPSA) is 66.4 Å². The summed E-state index contributed by atoms with van der Waals surface area (Å²) in [5, 5.41) is 10.6. The van der Waals surface area contributed by atoms with Crippen LogP contribution in [0.15, 0.2) is 12.7 Å². The molecular formula is C17H30O6. The largest absolute Gasteiger partial charge is 0.387 e. The molecule has 0 unspecified atom stereocenters. The zero-order valence-corrected chi connectivity index (χ0v) is 14.6. The van der Waals surface area contributed by atoms with Crippen molar-refractivity contribution < 1.29 is 28.8 Å². The summed E-state index contributed by atoms with van der Waals surface area (Å²) in [4.78, 5) is 0. The van der Waals surface area contributed by atoms with Gasteiger partial charge < -0.3 is 28.8 Å². The molecule has 23 heavy (non-hydrogen) atoms. The first kappa shape index (κ1) is 18.8. The number of hydrogen-bond acceptors (Lipinski definition) is 6. The normalized spacial score (nSPS) is 33.7. The van der Waals surface area contributed by atoms with Crippen molar-refractivity contribution in [2.75, 3.05) is 19.8 Å². The lowest BCUT2D eigenvalue weighted by Gasteiger charge is -2.27. The minimum Gasteiger partial charge on any atom is -0.387 e. The van der Waals surface area contributed by atoms with E-state index in [1.165, 1.54) is 0 Å². The summed E-state index contributed by atoms with van der Waals surface area (Å²) in [6, 6.07) is 0. The summed E-state index contributed by atoms with van der Waals surface area (Å²) in [5.74, 6) is -1.44. The van der Waals surface area contributed by atoms with Gasteiger partial charge in [0, 0.05) is 6.61 Å². The number of allylic oxidation sites excluding steroid dienone is 1. The zero-order chi connectivity index (χ0) is 17.1. The first-order valence-corrected chi connectivity index (χ1v) is 8.28. The molecule has 0 aromatic rings. The van der Waals surface area contributed by atoms with Gasteiger partial charge in [0.15, 0.2) is 11.6 Å². The van der Waals surface area contributed by atoms with E-state index >= 15 is 0 Å². The Kier molecular flexibility index (Phi) is 6.22. The van der Waals surface area contributed by atoms with Gasteiger partial charge >= 0.3 is 0 Å². The third-order valence-corrected chi connectivity index (χ3v) is 3.95. The number of hydrogen-bond donors (Lipinski definition) is 1. The van der Waals surface area contributed by atoms with Crippen molar-refractivity contribution in [2.45, 2.75) is 76.5 Å². The molecule has 0 spiro atoms. The maximum Gasteiger partial charge on any atom is 0.164 e. The first-order valence-electron chi connectivity index (χ1n) is 8.28. The molecule has 2 fully saturated rings. The second kappa shape index (κ2) is 7.59. The molecule has 0 aliphatic carbocycles. The fraction of sp³-hybridized carbons (Fsp3) is 0.882. The van der Waals surface area contributed by atoms with Crippen molar-refractivity contribution in [1.29, 1.82) is 0 Å². The van der Waals surface area contributed by atoms with Crippen molar-refractivity contribution in [3.05, 3.63) is 12.7 Å². The fourth-order valence-electron chi connectivity index (χ4n) is 2.91. The molecule has 2 rings (SSSR count). The predicted octanol–water partition coefficient (Wildman–Crippen LogP) is 2.00. The summed E-state index contributed by atoms with van der Waals surface area (Å²) >= 11 is 0. The first-order chi connectivity index (χ1) is 10.7. The number of unbranched alkanes of at least 4 members (excludes halogenated alkanes) is 1. The fourth-order valence-corrected chi connectivity index (χ4v) is 2.91. The van der Waals surface area contributed by atoms with E-state index in [0.29, 0.717) is 19.8 Å². The molecule has 0 saturated carbocycles. The van der Waals surface area contributed by atoms with E-state index in [1.54, 1.807) is 0 Å². The molecule has 2 aliphatic heterocycles. The van der Waals surface area contributed by atoms with Crippen LogP contribution in [0.4, 0.5) is 0 Å². The average molecular weight is 330 g/mol. The van der Waals surface area contributed by atoms with Gasteiger partial charge in [0.1, 0.15) is 24.4 Å². The van der Waals surface area contributed by atoms with Crippen molar-refractivity contribution in [3.8, 4) is 0 Å². The molecule has 6 nitrogen and oxygen atoms in total. The van der Waals surface area contributed by atoms with Crippen LogP contribution >= 0.6 is 0 Å². The van der Waals surface area contributed by atoms with Crippen LogP contribution < -0.4 is 0 Å². The minimum atomic E-state index is -0.833. The molecule has 0 aromatic heterocycles. The molecule has 134 valence electrons. The Morgan fingerprint density at radius 1 is 1.22 bits per heavy atom. The molecule has 2 saturated heterocycles. The number of ether oxygens (including phenoxy) is 5. The van der Waals surface area contributed by atoms with Gasteiger partial charge in [-0.2, -0.15) is 0 Å². The summed E-state index contributed by atoms with van der Waals surface area (Å²) in [5.41, 5.74) is 0. The molecule has 1 N–H and O–H groups in total. The van der Waals surface area contributed by atoms with Gasteiger partial charge in [-0.05, 0) is 40.5 Å². The highest BCUT2D eigenvalue weighted by molar-refractivity contribution is 4.92. The third kappa shape index (κ3) is 5.24. The van der Waals surface area contributed by atoms with Crippen LogP contribution in [0, 0.1) is 0 Å². The van der Waals surface area contributed by atoms with E-state index in [1.807, 2.05) is 33.8 Å². The lowest BCUT2D eigenvalue weighted by atomic mass is 10.0. The smallest absolute Gasteiger partial charge is 0.164 e. The zero-order valence-electron chi connectivity index (χ0n) is 14.6. The van der Waals surface area contributed by atoms with Crippen LogP contribution in [0.5, 0.6) is 0 Å². The van der Waals surface area contributed by atoms with Crippen LogP contribution in [-0.4, -0.2) is 60.9 Å². The Morgan fingerprint density at radius 3 is 2.57 bits per heavy atom. The minimum absolute atomic E-state index is 0.335. The van der Waals surface area contributed by atoms with Crippen LogP contribution in [0.2, 0.25) is 0 Å². The molecular weight excluding hydrogens is 300 g/mol. The lowest BCUT2D eigenvalue weighted by molar-refractivity contribution is -0.178. The summed E-state index contributed by atoms with van der Waals surface area (Å²) in [6.07, 6.45) is 1.59. The highest BCUT2D eigenvalue weighted by Crippen LogP contribution is 2.34. The average Bonchev–Trinajstić information content (AvgIpc) is 2.97. The van der Waals surface area contributed by atoms with Gasteiger partial charge in [0.2, 0.25) is 0 Å². The van der Waals surface area contributed by atoms with E-state index in [-0.39, 0.29) is 6.10 Å². The SMILES string of the molecule is C=CCCCOC[C@H]1OC(C)(C)O[C@H]1[C@H](O)[C@H]1COC(C)(C)O1. The van der Waals surface area contributed by atoms with E-state index in [0.717, 1.165) is 12.8 Å². The molecule has 2 aliphatic rings. The number of aliphatic hydroxyl groups excluding tert-OH is 1. The summed E-state index contributed by atoms with van der Waals surface area (Å²) in [7, 11) is 0. The lowest BCUT2D eigenvalue weighted by Crippen LogP contribution is -2.46. The quantitative estimate of drug-likeness (QED) is 0.542. The number of rotatable bonds is 8. The van der Waals surface area contributed by atoms with Gasteiger partial charge in [-0.15, -0.1) is 6.58 Å². The molecule has 4 atom stereocenters. The Hall–Kier alpha value is -0.500. The Bertz CT molecular complexity index is 395. The molecule has 2 heterocycles. The maximum atomic E-state index is 10.6. The van der Waals surface area contributed by atoms with Crippen molar-refractivity contribution in [1.82, 2.24) is 0 Å². The van der Waals surface area contributed by atoms with Crippen LogP contribution in [0.1, 0.15) is 40.5 Å². The van der Waals surface area contributed by atoms with Gasteiger partial charge in [0.05, 0.1) is 13.2 Å². The third-order valence-electron chi connectivity index (χ3n) is 3.95. The standard InChI is InChI=1S/C17H30O6/c1-6-7-8-9-19-10-13-15(23-17(4,5)22-13)14(18)12-11-20-16(2,3)21-12/h6,12-15,18H,1,7-11H2,2-5H3/t12-,13-,14-,15-/m1/s1. The molecule has 6 heteroatoms. The molecule has 0 bridgehead atoms. The van der Waals surface area contributed by atoms with Crippen LogP contribution in [-0.2, 0) is 23.7 Å². The van der Waals surface area contributed by atoms with Crippen LogP contribution in [0.25, 0.3) is 0 Å². The summed E-state index contributed by atoms with van der Waals surface area (Å²) in [6.45, 7) is 12.4. The molecule has 0 aromatic carbocycles. The monoisotopic (exact) mass is 330 g/mol. The molecule has 0 radical (unpaired) electrons. The van der Waals surface area contributed by atoms with Gasteiger partial charge in [-0.1, -0.05) is 6.08 Å². The van der Waals surface area contributed by atoms with Crippen LogP contribution in [0.3, 0.4) is 0 Å². The highest BCUT2D eigenvalue weighted by atomic mass is 16.8. The maximum absolute atomic E-state index is 10.6. The predicted molar refractivity (Wildman–Crippen MR) is 85.0 cm³/mol. The van der Waals surface area contributed by atoms with Crippen molar-refractivity contribution in [3.63, 3.8) is 0 Å². The summed E-state index contributed by atoms with van der Waals surface area (Å²) < 4.78 is 28.7. The molecule has 0 amide bonds. The Morgan fingerprint density at radius 2 is 1.96 bits per heavy atom. The van der Waals surface area contributed by atoms with Crippen molar-refractivity contribution >= 4 is 0 Å². The van der Waals surface area contributed by atoms with Gasteiger partial charge in [0.25, 0.3) is 0 Å². The Balaban J connectivity index is 1.90. The van der Waals surface area contributed by atoms with Gasteiger partial charge in [-0.25, -0.2) is 0 Å². The second-order valence-corrected chi connectivity index (χ2v) is 7.00. The second-order valence-electron chi connectivity index (χ2n) is 7.00. The van der Waals surface area contributed by atoms with E-state index in [4.69, 9.17) is 23.7 Å². The Labute approximate surface area is 138 Å². The number of aliphatic hydroxyl groups is 1. The van der Waals surface area contributed by atoms with E-state index in [2.05, 4.69) is 6.58 Å². The highest BCUT2D eigenvalue weighted by Gasteiger charge is 2.49. The van der Waals surface area contributed by atoms with E-state index in [9.17, 15) is 5.11 Å². The van der Waals surface area contributed by atoms with Gasteiger partial charge in [-0.3, -0.25) is 0 Å². The van der Waals surface area contributed by atoms with E-state index < -0.39 is 29.9 Å².